The van der Waals surface area contributed by atoms with Crippen molar-refractivity contribution in [2.24, 2.45) is 0 Å². The summed E-state index contributed by atoms with van der Waals surface area (Å²) in [5.74, 6) is 0. The number of nitrogens with zero attached hydrogens (tertiary/aromatic N) is 4. The Morgan fingerprint density at radius 1 is 1.19 bits per heavy atom. The molecule has 0 saturated carbocycles. The van der Waals surface area contributed by atoms with Crippen LogP contribution in [0, 0.1) is 0 Å². The number of pyridine rings is 1. The third kappa shape index (κ3) is 3.16. The van der Waals surface area contributed by atoms with Crippen molar-refractivity contribution in [3.8, 4) is 0 Å². The van der Waals surface area contributed by atoms with E-state index in [1.807, 2.05) is 30.8 Å². The summed E-state index contributed by atoms with van der Waals surface area (Å²) in [6.45, 7) is 5.85. The van der Waals surface area contributed by atoms with Gasteiger partial charge in [-0.25, -0.2) is 4.98 Å². The van der Waals surface area contributed by atoms with Gasteiger partial charge in [0, 0.05) is 37.8 Å². The molecule has 1 N–H and O–H groups in total. The van der Waals surface area contributed by atoms with Gasteiger partial charge in [-0.3, -0.25) is 4.98 Å². The Hall–Kier alpha value is -1.66. The molecule has 0 radical (unpaired) electrons. The summed E-state index contributed by atoms with van der Waals surface area (Å²) < 4.78 is 0. The van der Waals surface area contributed by atoms with Crippen LogP contribution in [0.1, 0.15) is 25.1 Å². The minimum Gasteiger partial charge on any atom is -0.387 e. The number of aliphatic hydroxyl groups is 1. The van der Waals surface area contributed by atoms with Crippen LogP contribution in [0.2, 0.25) is 0 Å². The second-order valence-corrected chi connectivity index (χ2v) is 6.03. The van der Waals surface area contributed by atoms with Crippen LogP contribution in [0.15, 0.2) is 29.9 Å². The Balaban J connectivity index is 1.61. The molecule has 3 rings (SSSR count). The average molecular weight is 304 g/mol. The van der Waals surface area contributed by atoms with Gasteiger partial charge >= 0.3 is 0 Å². The van der Waals surface area contributed by atoms with Gasteiger partial charge in [-0.1, -0.05) is 6.92 Å². The van der Waals surface area contributed by atoms with Crippen molar-refractivity contribution in [2.45, 2.75) is 19.4 Å². The van der Waals surface area contributed by atoms with Crippen molar-refractivity contribution >= 4 is 22.2 Å². The maximum Gasteiger partial charge on any atom is 0.185 e. The molecule has 3 heterocycles. The maximum absolute atomic E-state index is 9.78. The third-order valence-electron chi connectivity index (χ3n) is 3.83. The molecule has 0 unspecified atom stereocenters. The van der Waals surface area contributed by atoms with E-state index >= 15 is 0 Å². The number of piperazine rings is 1. The van der Waals surface area contributed by atoms with E-state index in [9.17, 15) is 5.11 Å². The minimum atomic E-state index is -0.458. The van der Waals surface area contributed by atoms with Crippen LogP contribution in [0.5, 0.6) is 0 Å². The highest BCUT2D eigenvalue weighted by molar-refractivity contribution is 7.13. The van der Waals surface area contributed by atoms with Crippen LogP contribution >= 0.6 is 11.3 Å². The molecule has 2 aromatic heterocycles. The summed E-state index contributed by atoms with van der Waals surface area (Å²) in [6.07, 6.45) is 3.96. The van der Waals surface area contributed by atoms with Crippen LogP contribution in [0.25, 0.3) is 0 Å². The highest BCUT2D eigenvalue weighted by Crippen LogP contribution is 2.22. The first-order valence-corrected chi connectivity index (χ1v) is 8.19. The molecule has 0 bridgehead atoms. The lowest BCUT2D eigenvalue weighted by molar-refractivity contribution is 0.169. The fraction of sp³-hybridized carbons (Fsp3) is 0.467. The molecule has 0 aromatic carbocycles. The van der Waals surface area contributed by atoms with E-state index in [1.54, 1.807) is 11.3 Å². The second-order valence-electron chi connectivity index (χ2n) is 5.15. The lowest BCUT2D eigenvalue weighted by Crippen LogP contribution is -2.46. The Kier molecular flexibility index (Phi) is 4.36. The lowest BCUT2D eigenvalue weighted by Gasteiger charge is -2.35. The molecule has 6 heteroatoms. The van der Waals surface area contributed by atoms with Crippen LogP contribution in [-0.2, 0) is 0 Å². The predicted octanol–water partition coefficient (Wildman–Crippen LogP) is 2.31. The first-order valence-electron chi connectivity index (χ1n) is 7.31. The molecule has 0 spiro atoms. The van der Waals surface area contributed by atoms with E-state index in [4.69, 9.17) is 0 Å². The van der Waals surface area contributed by atoms with E-state index in [-0.39, 0.29) is 0 Å². The lowest BCUT2D eigenvalue weighted by atomic mass is 10.2. The highest BCUT2D eigenvalue weighted by Gasteiger charge is 2.19. The number of hydrogen-bond donors (Lipinski definition) is 1. The quantitative estimate of drug-likeness (QED) is 0.939. The van der Waals surface area contributed by atoms with Crippen molar-refractivity contribution in [1.29, 1.82) is 0 Å². The molecule has 21 heavy (non-hydrogen) atoms. The molecule has 2 aromatic rings. The fourth-order valence-corrected chi connectivity index (χ4v) is 3.22. The SMILES string of the molecule is CC[C@H](O)c1ccc(N2CCN(c3nccs3)CC2)cn1. The van der Waals surface area contributed by atoms with Gasteiger partial charge < -0.3 is 14.9 Å². The van der Waals surface area contributed by atoms with Crippen LogP contribution in [0.3, 0.4) is 0 Å². The number of anilines is 2. The number of rotatable bonds is 4. The standard InChI is InChI=1S/C15H20N4OS/c1-2-14(20)13-4-3-12(11-17-13)18-6-8-19(9-7-18)15-16-5-10-21-15/h3-5,10-11,14,20H,2,6-9H2,1H3/t14-/m0/s1. The van der Waals surface area contributed by atoms with Gasteiger partial charge in [0.05, 0.1) is 23.7 Å². The predicted molar refractivity (Wildman–Crippen MR) is 86.0 cm³/mol. The van der Waals surface area contributed by atoms with Crippen molar-refractivity contribution in [2.75, 3.05) is 36.0 Å². The molecular formula is C15H20N4OS. The molecule has 1 aliphatic rings. The van der Waals surface area contributed by atoms with Crippen molar-refractivity contribution in [1.82, 2.24) is 9.97 Å². The Morgan fingerprint density at radius 2 is 1.95 bits per heavy atom. The van der Waals surface area contributed by atoms with Gasteiger partial charge in [-0.2, -0.15) is 0 Å². The minimum absolute atomic E-state index is 0.458. The summed E-state index contributed by atoms with van der Waals surface area (Å²) in [6, 6.07) is 3.98. The zero-order valence-electron chi connectivity index (χ0n) is 12.1. The van der Waals surface area contributed by atoms with Gasteiger partial charge in [-0.05, 0) is 18.6 Å². The Morgan fingerprint density at radius 3 is 2.52 bits per heavy atom. The molecule has 1 fully saturated rings. The topological polar surface area (TPSA) is 52.5 Å². The zero-order chi connectivity index (χ0) is 14.7. The molecule has 112 valence electrons. The average Bonchev–Trinajstić information content (AvgIpc) is 3.09. The molecule has 0 amide bonds. The fourth-order valence-electron chi connectivity index (χ4n) is 2.52. The number of thiazole rings is 1. The Bertz CT molecular complexity index is 550. The first-order chi connectivity index (χ1) is 10.3. The summed E-state index contributed by atoms with van der Waals surface area (Å²) in [7, 11) is 0. The van der Waals surface area contributed by atoms with Crippen LogP contribution < -0.4 is 9.80 Å². The third-order valence-corrected chi connectivity index (χ3v) is 4.67. The summed E-state index contributed by atoms with van der Waals surface area (Å²) >= 11 is 1.69. The normalized spacial score (nSPS) is 17.0. The van der Waals surface area contributed by atoms with E-state index in [0.717, 1.165) is 42.7 Å². The monoisotopic (exact) mass is 304 g/mol. The second kappa shape index (κ2) is 6.41. The molecule has 5 nitrogen and oxygen atoms in total. The van der Waals surface area contributed by atoms with E-state index in [0.29, 0.717) is 6.42 Å². The van der Waals surface area contributed by atoms with Gasteiger partial charge in [0.2, 0.25) is 0 Å². The zero-order valence-corrected chi connectivity index (χ0v) is 13.0. The molecular weight excluding hydrogens is 284 g/mol. The number of hydrogen-bond acceptors (Lipinski definition) is 6. The van der Waals surface area contributed by atoms with Gasteiger partial charge in [-0.15, -0.1) is 11.3 Å². The van der Waals surface area contributed by atoms with E-state index in [1.165, 1.54) is 0 Å². The Labute approximate surface area is 128 Å². The summed E-state index contributed by atoms with van der Waals surface area (Å²) in [5, 5.41) is 12.9. The van der Waals surface area contributed by atoms with Crippen LogP contribution in [-0.4, -0.2) is 41.3 Å². The molecule has 1 atom stereocenters. The van der Waals surface area contributed by atoms with Crippen molar-refractivity contribution < 1.29 is 5.11 Å². The largest absolute Gasteiger partial charge is 0.387 e. The van der Waals surface area contributed by atoms with Gasteiger partial charge in [0.1, 0.15) is 0 Å². The number of aliphatic hydroxyl groups excluding tert-OH is 1. The smallest absolute Gasteiger partial charge is 0.185 e. The van der Waals surface area contributed by atoms with Crippen LogP contribution in [0.4, 0.5) is 10.8 Å². The van der Waals surface area contributed by atoms with Gasteiger partial charge in [0.25, 0.3) is 0 Å². The first kappa shape index (κ1) is 14.3. The highest BCUT2D eigenvalue weighted by atomic mass is 32.1. The molecule has 1 aliphatic heterocycles. The van der Waals surface area contributed by atoms with Gasteiger partial charge in [0.15, 0.2) is 5.13 Å². The van der Waals surface area contributed by atoms with E-state index < -0.39 is 6.10 Å². The summed E-state index contributed by atoms with van der Waals surface area (Å²) in [4.78, 5) is 13.4. The maximum atomic E-state index is 9.78. The van der Waals surface area contributed by atoms with Crippen molar-refractivity contribution in [3.63, 3.8) is 0 Å². The van der Waals surface area contributed by atoms with Crippen molar-refractivity contribution in [3.05, 3.63) is 35.6 Å². The molecule has 0 aliphatic carbocycles. The van der Waals surface area contributed by atoms with E-state index in [2.05, 4.69) is 25.8 Å². The number of aromatic nitrogens is 2. The molecule has 1 saturated heterocycles. The summed E-state index contributed by atoms with van der Waals surface area (Å²) in [5.41, 5.74) is 1.88.